The number of nitrogens with one attached hydrogen (secondary N) is 1. The Bertz CT molecular complexity index is 1200. The van der Waals surface area contributed by atoms with E-state index in [9.17, 15) is 9.59 Å². The van der Waals surface area contributed by atoms with Crippen LogP contribution in [0.5, 0.6) is 0 Å². The third kappa shape index (κ3) is 4.45. The first-order chi connectivity index (χ1) is 15.6. The zero-order valence-corrected chi connectivity index (χ0v) is 21.1. The molecule has 1 N–H and O–H groups in total. The molecule has 0 saturated carbocycles. The van der Waals surface area contributed by atoms with Crippen LogP contribution in [-0.4, -0.2) is 43.2 Å². The van der Waals surface area contributed by atoms with E-state index in [-0.39, 0.29) is 16.9 Å². The molecule has 2 amide bonds. The van der Waals surface area contributed by atoms with E-state index in [4.69, 9.17) is 4.43 Å². The highest BCUT2D eigenvalue weighted by Gasteiger charge is 2.37. The molecule has 0 bridgehead atoms. The predicted octanol–water partition coefficient (Wildman–Crippen LogP) is 6.04. The third-order valence-corrected chi connectivity index (χ3v) is 11.4. The van der Waals surface area contributed by atoms with Gasteiger partial charge < -0.3 is 9.41 Å². The van der Waals surface area contributed by atoms with Crippen LogP contribution in [0, 0.1) is 0 Å². The van der Waals surface area contributed by atoms with E-state index in [2.05, 4.69) is 57.1 Å². The lowest BCUT2D eigenvalue weighted by atomic mass is 10.1. The lowest BCUT2D eigenvalue weighted by Gasteiger charge is -2.35. The fourth-order valence-electron chi connectivity index (χ4n) is 3.94. The highest BCUT2D eigenvalue weighted by molar-refractivity contribution is 6.74. The molecule has 0 spiro atoms. The molecule has 6 heteroatoms. The summed E-state index contributed by atoms with van der Waals surface area (Å²) >= 11 is 0. The molecule has 1 aliphatic rings. The Hall–Kier alpha value is -2.96. The Balaban J connectivity index is 1.53. The quantitative estimate of drug-likeness (QED) is 0.345. The van der Waals surface area contributed by atoms with Crippen molar-refractivity contribution in [1.82, 2.24) is 9.88 Å². The Labute approximate surface area is 196 Å². The maximum absolute atomic E-state index is 12.8. The number of benzene rings is 2. The zero-order chi connectivity index (χ0) is 23.8. The number of hydrogen-bond acceptors (Lipinski definition) is 3. The van der Waals surface area contributed by atoms with Crippen molar-refractivity contribution in [2.75, 3.05) is 13.2 Å². The van der Waals surface area contributed by atoms with Crippen LogP contribution >= 0.6 is 0 Å². The number of nitrogens with zero attached hydrogens (tertiary/aromatic N) is 1. The molecule has 1 aromatic heterocycles. The fraction of sp³-hybridized carbons (Fsp3) is 0.333. The van der Waals surface area contributed by atoms with Crippen molar-refractivity contribution >= 4 is 37.1 Å². The summed E-state index contributed by atoms with van der Waals surface area (Å²) in [5.74, 6) is -0.425. The smallest absolute Gasteiger partial charge is 0.261 e. The molecule has 0 fully saturated rings. The molecule has 3 aromatic rings. The Morgan fingerprint density at radius 1 is 0.970 bits per heavy atom. The van der Waals surface area contributed by atoms with Gasteiger partial charge in [0.15, 0.2) is 8.32 Å². The zero-order valence-electron chi connectivity index (χ0n) is 20.1. The predicted molar refractivity (Wildman–Crippen MR) is 136 cm³/mol. The average Bonchev–Trinajstić information content (AvgIpc) is 3.24. The second kappa shape index (κ2) is 8.76. The number of para-hydroxylation sites is 1. The van der Waals surface area contributed by atoms with Gasteiger partial charge in [0.05, 0.1) is 17.7 Å². The molecule has 0 atom stereocenters. The van der Waals surface area contributed by atoms with Crippen LogP contribution in [0.3, 0.4) is 0 Å². The maximum Gasteiger partial charge on any atom is 0.261 e. The minimum absolute atomic E-state index is 0.166. The van der Waals surface area contributed by atoms with Crippen LogP contribution in [0.1, 0.15) is 52.7 Å². The summed E-state index contributed by atoms with van der Waals surface area (Å²) < 4.78 is 6.28. The van der Waals surface area contributed by atoms with Crippen molar-refractivity contribution in [3.8, 4) is 0 Å². The molecule has 2 heterocycles. The number of aromatic amines is 1. The highest BCUT2D eigenvalue weighted by atomic mass is 28.4. The van der Waals surface area contributed by atoms with Crippen LogP contribution in [0.4, 0.5) is 0 Å². The molecule has 0 aliphatic carbocycles. The minimum Gasteiger partial charge on any atom is -0.413 e. The van der Waals surface area contributed by atoms with Crippen molar-refractivity contribution in [1.29, 1.82) is 0 Å². The van der Waals surface area contributed by atoms with Crippen molar-refractivity contribution in [2.45, 2.75) is 45.3 Å². The van der Waals surface area contributed by atoms with Crippen LogP contribution < -0.4 is 0 Å². The van der Waals surface area contributed by atoms with Crippen LogP contribution in [-0.2, 0) is 10.8 Å². The summed E-state index contributed by atoms with van der Waals surface area (Å²) in [5.41, 5.74) is 4.12. The van der Waals surface area contributed by atoms with Crippen molar-refractivity contribution in [3.63, 3.8) is 0 Å². The second-order valence-corrected chi connectivity index (χ2v) is 14.9. The van der Waals surface area contributed by atoms with Gasteiger partial charge in [0.2, 0.25) is 0 Å². The van der Waals surface area contributed by atoms with E-state index in [0.717, 1.165) is 22.2 Å². The first kappa shape index (κ1) is 23.2. The molecule has 1 aliphatic heterocycles. The first-order valence-electron chi connectivity index (χ1n) is 11.5. The summed E-state index contributed by atoms with van der Waals surface area (Å²) in [7, 11) is -1.81. The van der Waals surface area contributed by atoms with E-state index >= 15 is 0 Å². The Morgan fingerprint density at radius 2 is 1.58 bits per heavy atom. The lowest BCUT2D eigenvalue weighted by Crippen LogP contribution is -2.40. The van der Waals surface area contributed by atoms with Gasteiger partial charge in [0, 0.05) is 23.1 Å². The van der Waals surface area contributed by atoms with E-state index < -0.39 is 8.32 Å². The van der Waals surface area contributed by atoms with Gasteiger partial charge in [-0.05, 0) is 54.4 Å². The van der Waals surface area contributed by atoms with Crippen molar-refractivity contribution in [3.05, 3.63) is 77.0 Å². The average molecular weight is 461 g/mol. The fourth-order valence-corrected chi connectivity index (χ4v) is 4.88. The molecule has 0 radical (unpaired) electrons. The van der Waals surface area contributed by atoms with E-state index in [1.165, 1.54) is 4.90 Å². The number of imide groups is 1. The summed E-state index contributed by atoms with van der Waals surface area (Å²) in [6.45, 7) is 12.1. The molecule has 2 aromatic carbocycles. The first-order valence-corrected chi connectivity index (χ1v) is 14.4. The molecule has 0 unspecified atom stereocenters. The molecule has 4 rings (SSSR count). The van der Waals surface area contributed by atoms with Gasteiger partial charge in [-0.15, -0.1) is 0 Å². The number of carbonyl (C=O) groups is 2. The minimum atomic E-state index is -1.81. The Morgan fingerprint density at radius 3 is 2.21 bits per heavy atom. The number of rotatable bonds is 7. The van der Waals surface area contributed by atoms with Crippen LogP contribution in [0.25, 0.3) is 17.0 Å². The molecular weight excluding hydrogens is 428 g/mol. The number of fused-ring (bicyclic) bond motifs is 2. The molecular formula is C27H32N2O3Si. The molecule has 33 heavy (non-hydrogen) atoms. The number of amides is 2. The van der Waals surface area contributed by atoms with Gasteiger partial charge >= 0.3 is 0 Å². The number of H-pyrrole nitrogens is 1. The second-order valence-electron chi connectivity index (χ2n) is 10.1. The standard InChI is InChI=1S/C27H32N2O3Si/c1-27(2,3)33(4,5)32-18-10-15-24-20(19-11-8-9-14-23(19)28-24)16-17-29-25(30)21-12-6-7-13-22(21)26(29)31/h6-15,28H,16-18H2,1-5H3/b15-10+. The monoisotopic (exact) mass is 460 g/mol. The van der Waals surface area contributed by atoms with Gasteiger partial charge in [-0.1, -0.05) is 57.2 Å². The van der Waals surface area contributed by atoms with Crippen LogP contribution in [0.2, 0.25) is 18.1 Å². The highest BCUT2D eigenvalue weighted by Crippen LogP contribution is 2.36. The molecule has 172 valence electrons. The van der Waals surface area contributed by atoms with Gasteiger partial charge in [0.1, 0.15) is 0 Å². The largest absolute Gasteiger partial charge is 0.413 e. The van der Waals surface area contributed by atoms with Gasteiger partial charge in [-0.2, -0.15) is 0 Å². The summed E-state index contributed by atoms with van der Waals surface area (Å²) in [5, 5.41) is 1.28. The summed E-state index contributed by atoms with van der Waals surface area (Å²) in [4.78, 5) is 30.4. The van der Waals surface area contributed by atoms with Gasteiger partial charge in [-0.25, -0.2) is 0 Å². The van der Waals surface area contributed by atoms with E-state index in [1.807, 2.05) is 18.2 Å². The maximum atomic E-state index is 12.8. The molecule has 5 nitrogen and oxygen atoms in total. The molecule has 0 saturated heterocycles. The summed E-state index contributed by atoms with van der Waals surface area (Å²) in [6.07, 6.45) is 4.69. The van der Waals surface area contributed by atoms with E-state index in [1.54, 1.807) is 24.3 Å². The van der Waals surface area contributed by atoms with Crippen molar-refractivity contribution < 1.29 is 14.0 Å². The van der Waals surface area contributed by atoms with E-state index in [0.29, 0.717) is 30.7 Å². The summed E-state index contributed by atoms with van der Waals surface area (Å²) in [6, 6.07) is 15.2. The van der Waals surface area contributed by atoms with Gasteiger partial charge in [0.25, 0.3) is 11.8 Å². The SMILES string of the molecule is CC(C)(C)[Si](C)(C)OC/C=C/c1[nH]c2ccccc2c1CCN1C(=O)c2ccccc2C1=O. The van der Waals surface area contributed by atoms with Crippen LogP contribution in [0.15, 0.2) is 54.6 Å². The lowest BCUT2D eigenvalue weighted by molar-refractivity contribution is 0.0656. The Kier molecular flexibility index (Phi) is 6.16. The normalized spacial score (nSPS) is 14.6. The number of aromatic nitrogens is 1. The van der Waals surface area contributed by atoms with Crippen molar-refractivity contribution in [2.24, 2.45) is 0 Å². The number of hydrogen-bond donors (Lipinski definition) is 1. The number of carbonyl (C=O) groups excluding carboxylic acids is 2. The van der Waals surface area contributed by atoms with Gasteiger partial charge in [-0.3, -0.25) is 14.5 Å². The third-order valence-electron chi connectivity index (χ3n) is 6.94. The topological polar surface area (TPSA) is 62.4 Å².